The second-order valence-electron chi connectivity index (χ2n) is 8.75. The van der Waals surface area contributed by atoms with Crippen molar-refractivity contribution in [2.24, 2.45) is 0 Å². The molecule has 208 valence electrons. The van der Waals surface area contributed by atoms with E-state index in [1.54, 1.807) is 36.4 Å². The molecule has 8 nitrogen and oxygen atoms in total. The van der Waals surface area contributed by atoms with E-state index in [2.05, 4.69) is 21.2 Å². The highest BCUT2D eigenvalue weighted by Gasteiger charge is 2.33. The Kier molecular flexibility index (Phi) is 10.9. The van der Waals surface area contributed by atoms with Crippen LogP contribution in [-0.2, 0) is 26.0 Å². The third kappa shape index (κ3) is 7.83. The van der Waals surface area contributed by atoms with Gasteiger partial charge in [-0.2, -0.15) is 0 Å². The summed E-state index contributed by atoms with van der Waals surface area (Å²) in [6.45, 7) is 3.93. The summed E-state index contributed by atoms with van der Waals surface area (Å²) in [4.78, 5) is 28.1. The van der Waals surface area contributed by atoms with Gasteiger partial charge in [0, 0.05) is 18.1 Å². The van der Waals surface area contributed by atoms with Crippen molar-refractivity contribution in [2.75, 3.05) is 31.0 Å². The quantitative estimate of drug-likeness (QED) is 0.302. The summed E-state index contributed by atoms with van der Waals surface area (Å²) in [6.07, 6.45) is 0.894. The molecule has 0 aliphatic rings. The number of ether oxygens (including phenoxy) is 1. The maximum atomic E-state index is 13.9. The second kappa shape index (κ2) is 14.1. The van der Waals surface area contributed by atoms with Crippen molar-refractivity contribution in [3.05, 3.63) is 88.9 Å². The molecule has 0 spiro atoms. The van der Waals surface area contributed by atoms with Crippen LogP contribution in [0.25, 0.3) is 0 Å². The fraction of sp³-hybridized carbons (Fsp3) is 0.310. The molecule has 3 aromatic rings. The van der Waals surface area contributed by atoms with Crippen LogP contribution in [0.5, 0.6) is 5.75 Å². The van der Waals surface area contributed by atoms with Crippen LogP contribution in [0.3, 0.4) is 0 Å². The van der Waals surface area contributed by atoms with Gasteiger partial charge in [0.05, 0.1) is 17.2 Å². The first-order chi connectivity index (χ1) is 18.7. The Labute approximate surface area is 239 Å². The molecule has 0 bridgehead atoms. The smallest absolute Gasteiger partial charge is 0.264 e. The lowest BCUT2D eigenvalue weighted by atomic mass is 10.1. The van der Waals surface area contributed by atoms with Crippen LogP contribution in [0, 0.1) is 0 Å². The SMILES string of the molecule is CCOc1ccc(N(CC(=O)N(CCc2ccccc2)C(CC)C(=O)NC)S(=O)(=O)c2ccc(Br)cc2)cc1. The molecule has 0 aromatic heterocycles. The third-order valence-corrected chi connectivity index (χ3v) is 8.55. The number of carbonyl (C=O) groups excluding carboxylic acids is 2. The summed E-state index contributed by atoms with van der Waals surface area (Å²) in [5.41, 5.74) is 1.32. The van der Waals surface area contributed by atoms with Gasteiger partial charge in [-0.25, -0.2) is 8.42 Å². The Hall–Kier alpha value is -3.37. The van der Waals surface area contributed by atoms with Crippen molar-refractivity contribution < 1.29 is 22.7 Å². The second-order valence-corrected chi connectivity index (χ2v) is 11.5. The van der Waals surface area contributed by atoms with Crippen LogP contribution in [0.2, 0.25) is 0 Å². The highest BCUT2D eigenvalue weighted by Crippen LogP contribution is 2.27. The molecule has 2 amide bonds. The number of likely N-dealkylation sites (N-methyl/N-ethyl adjacent to an activating group) is 1. The van der Waals surface area contributed by atoms with Gasteiger partial charge in [-0.1, -0.05) is 53.2 Å². The first-order valence-electron chi connectivity index (χ1n) is 12.8. The fourth-order valence-electron chi connectivity index (χ4n) is 4.20. The minimum absolute atomic E-state index is 0.0431. The van der Waals surface area contributed by atoms with E-state index in [1.165, 1.54) is 24.1 Å². The summed E-state index contributed by atoms with van der Waals surface area (Å²) < 4.78 is 35.0. The number of hydrogen-bond donors (Lipinski definition) is 1. The maximum Gasteiger partial charge on any atom is 0.264 e. The number of benzene rings is 3. The van der Waals surface area contributed by atoms with Crippen LogP contribution < -0.4 is 14.4 Å². The van der Waals surface area contributed by atoms with E-state index < -0.39 is 28.5 Å². The standard InChI is InChI=1S/C29H34BrN3O5S/c1-4-27(29(35)31-3)32(20-19-22-9-7-6-8-10-22)28(34)21-33(24-13-15-25(16-14-24)38-5-2)39(36,37)26-17-11-23(30)12-18-26/h6-18,27H,4-5,19-21H2,1-3H3,(H,31,35). The molecule has 3 aromatic carbocycles. The van der Waals surface area contributed by atoms with E-state index in [0.29, 0.717) is 30.9 Å². The summed E-state index contributed by atoms with van der Waals surface area (Å²) in [5, 5.41) is 2.63. The van der Waals surface area contributed by atoms with Crippen molar-refractivity contribution >= 4 is 43.5 Å². The summed E-state index contributed by atoms with van der Waals surface area (Å²) in [5.74, 6) is -0.193. The van der Waals surface area contributed by atoms with Crippen molar-refractivity contribution in [3.8, 4) is 5.75 Å². The van der Waals surface area contributed by atoms with Gasteiger partial charge >= 0.3 is 0 Å². The highest BCUT2D eigenvalue weighted by atomic mass is 79.9. The lowest BCUT2D eigenvalue weighted by Crippen LogP contribution is -2.52. The van der Waals surface area contributed by atoms with Crippen molar-refractivity contribution in [1.82, 2.24) is 10.2 Å². The van der Waals surface area contributed by atoms with Crippen LogP contribution in [0.15, 0.2) is 88.2 Å². The molecular weight excluding hydrogens is 582 g/mol. The van der Waals surface area contributed by atoms with E-state index in [1.807, 2.05) is 44.2 Å². The van der Waals surface area contributed by atoms with Crippen LogP contribution >= 0.6 is 15.9 Å². The molecule has 0 heterocycles. The lowest BCUT2D eigenvalue weighted by molar-refractivity contribution is -0.139. The monoisotopic (exact) mass is 615 g/mol. The third-order valence-electron chi connectivity index (χ3n) is 6.23. The minimum atomic E-state index is -4.13. The van der Waals surface area contributed by atoms with E-state index in [4.69, 9.17) is 4.74 Å². The molecule has 39 heavy (non-hydrogen) atoms. The number of carbonyl (C=O) groups is 2. The summed E-state index contributed by atoms with van der Waals surface area (Å²) in [6, 6.07) is 21.7. The van der Waals surface area contributed by atoms with Crippen LogP contribution in [-0.4, -0.2) is 57.9 Å². The van der Waals surface area contributed by atoms with Gasteiger partial charge in [0.15, 0.2) is 0 Å². The molecule has 1 unspecified atom stereocenters. The largest absolute Gasteiger partial charge is 0.494 e. The van der Waals surface area contributed by atoms with E-state index in [0.717, 1.165) is 14.3 Å². The Morgan fingerprint density at radius 3 is 2.15 bits per heavy atom. The maximum absolute atomic E-state index is 13.9. The van der Waals surface area contributed by atoms with Gasteiger partial charge < -0.3 is 15.0 Å². The van der Waals surface area contributed by atoms with Crippen molar-refractivity contribution in [2.45, 2.75) is 37.6 Å². The molecule has 1 N–H and O–H groups in total. The number of halogens is 1. The number of nitrogens with one attached hydrogen (secondary N) is 1. The van der Waals surface area contributed by atoms with E-state index in [9.17, 15) is 18.0 Å². The molecule has 0 saturated carbocycles. The van der Waals surface area contributed by atoms with Gasteiger partial charge in [0.2, 0.25) is 11.8 Å². The zero-order chi connectivity index (χ0) is 28.4. The van der Waals surface area contributed by atoms with Crippen LogP contribution in [0.1, 0.15) is 25.8 Å². The molecule has 0 fully saturated rings. The first-order valence-corrected chi connectivity index (χ1v) is 15.0. The number of amides is 2. The zero-order valence-corrected chi connectivity index (χ0v) is 24.7. The Morgan fingerprint density at radius 2 is 1.59 bits per heavy atom. The van der Waals surface area contributed by atoms with Crippen molar-refractivity contribution in [3.63, 3.8) is 0 Å². The number of nitrogens with zero attached hydrogens (tertiary/aromatic N) is 2. The Bertz CT molecular complexity index is 1330. The van der Waals surface area contributed by atoms with Gasteiger partial charge in [-0.3, -0.25) is 13.9 Å². The Morgan fingerprint density at radius 1 is 0.949 bits per heavy atom. The van der Waals surface area contributed by atoms with Gasteiger partial charge in [-0.15, -0.1) is 0 Å². The highest BCUT2D eigenvalue weighted by molar-refractivity contribution is 9.10. The van der Waals surface area contributed by atoms with Crippen molar-refractivity contribution in [1.29, 1.82) is 0 Å². The lowest BCUT2D eigenvalue weighted by Gasteiger charge is -2.33. The van der Waals surface area contributed by atoms with Gasteiger partial charge in [0.25, 0.3) is 10.0 Å². The molecule has 10 heteroatoms. The molecular formula is C29H34BrN3O5S. The number of rotatable bonds is 13. The molecule has 3 rings (SSSR count). The average Bonchev–Trinajstić information content (AvgIpc) is 2.95. The zero-order valence-electron chi connectivity index (χ0n) is 22.3. The topological polar surface area (TPSA) is 96.0 Å². The van der Waals surface area contributed by atoms with E-state index >= 15 is 0 Å². The van der Waals surface area contributed by atoms with E-state index in [-0.39, 0.29) is 17.3 Å². The predicted molar refractivity (Wildman–Crippen MR) is 156 cm³/mol. The molecule has 0 saturated heterocycles. The molecule has 0 aliphatic heterocycles. The predicted octanol–water partition coefficient (Wildman–Crippen LogP) is 4.64. The summed E-state index contributed by atoms with van der Waals surface area (Å²) in [7, 11) is -2.60. The number of sulfonamides is 1. The first kappa shape index (κ1) is 30.2. The number of hydrogen-bond acceptors (Lipinski definition) is 5. The summed E-state index contributed by atoms with van der Waals surface area (Å²) >= 11 is 3.34. The normalized spacial score (nSPS) is 11.9. The molecule has 0 radical (unpaired) electrons. The van der Waals surface area contributed by atoms with Crippen LogP contribution in [0.4, 0.5) is 5.69 Å². The average molecular weight is 617 g/mol. The van der Waals surface area contributed by atoms with Gasteiger partial charge in [-0.05, 0) is 73.9 Å². The fourth-order valence-corrected chi connectivity index (χ4v) is 5.88. The number of anilines is 1. The van der Waals surface area contributed by atoms with Gasteiger partial charge in [0.1, 0.15) is 18.3 Å². The molecule has 1 atom stereocenters. The Balaban J connectivity index is 2.00. The molecule has 0 aliphatic carbocycles. The minimum Gasteiger partial charge on any atom is -0.494 e.